The molecule has 0 heterocycles. The Hall–Kier alpha value is -1.22. The molecule has 1 fully saturated rings. The fraction of sp³-hybridized carbons (Fsp3) is 0.333. The van der Waals surface area contributed by atoms with Crippen molar-refractivity contribution in [2.75, 3.05) is 0 Å². The summed E-state index contributed by atoms with van der Waals surface area (Å²) in [5.41, 5.74) is 1.32. The molecule has 0 saturated heterocycles. The molecule has 1 saturated carbocycles. The average Bonchev–Trinajstić information content (AvgIpc) is 2.16. The highest BCUT2D eigenvalue weighted by Crippen LogP contribution is 2.33. The molecule has 1 nitrogen and oxygen atoms in total. The van der Waals surface area contributed by atoms with Crippen LogP contribution >= 0.6 is 0 Å². The van der Waals surface area contributed by atoms with Crippen molar-refractivity contribution >= 4 is 0 Å². The highest BCUT2D eigenvalue weighted by Gasteiger charge is 2.27. The highest BCUT2D eigenvalue weighted by atomic mass is 19.3. The normalized spacial score (nSPS) is 19.9. The lowest BCUT2D eigenvalue weighted by atomic mass is 9.90. The maximum atomic E-state index is 12.0. The van der Waals surface area contributed by atoms with Crippen LogP contribution in [0.25, 0.3) is 0 Å². The molecule has 0 aromatic heterocycles. The third kappa shape index (κ3) is 2.63. The van der Waals surface area contributed by atoms with Gasteiger partial charge in [0, 0.05) is 18.4 Å². The van der Waals surface area contributed by atoms with Gasteiger partial charge in [-0.2, -0.15) is 8.78 Å². The Morgan fingerprint density at radius 3 is 2.47 bits per heavy atom. The van der Waals surface area contributed by atoms with Crippen LogP contribution in [0, 0.1) is 0 Å². The van der Waals surface area contributed by atoms with Crippen molar-refractivity contribution in [2.24, 2.45) is 0 Å². The van der Waals surface area contributed by atoms with Crippen LogP contribution in [0.1, 0.15) is 18.4 Å². The second kappa shape index (κ2) is 4.53. The fourth-order valence-corrected chi connectivity index (χ4v) is 1.55. The van der Waals surface area contributed by atoms with Gasteiger partial charge in [0.15, 0.2) is 0 Å². The summed E-state index contributed by atoms with van der Waals surface area (Å²) in [7, 11) is 0. The lowest BCUT2D eigenvalue weighted by molar-refractivity contribution is 0.0134. The first-order valence-corrected chi connectivity index (χ1v) is 4.94. The molecule has 0 amide bonds. The standard InChI is InChI=1S/C12H12F2O/c13-12(14)10-6-11(7-10)15-8-9-4-2-1-3-5-9/h1-5,11H,6-8H2. The number of hydrogen-bond donors (Lipinski definition) is 0. The Morgan fingerprint density at radius 2 is 1.87 bits per heavy atom. The third-order valence-electron chi connectivity index (χ3n) is 2.54. The van der Waals surface area contributed by atoms with Gasteiger partial charge < -0.3 is 4.74 Å². The predicted octanol–water partition coefficient (Wildman–Crippen LogP) is 3.52. The summed E-state index contributed by atoms with van der Waals surface area (Å²) in [5, 5.41) is 0. The second-order valence-corrected chi connectivity index (χ2v) is 3.69. The maximum Gasteiger partial charge on any atom is 0.269 e. The van der Waals surface area contributed by atoms with Gasteiger partial charge in [-0.05, 0) is 5.56 Å². The van der Waals surface area contributed by atoms with Gasteiger partial charge in [-0.3, -0.25) is 0 Å². The fourth-order valence-electron chi connectivity index (χ4n) is 1.55. The molecule has 15 heavy (non-hydrogen) atoms. The Bertz CT molecular complexity index is 347. The number of ether oxygens (including phenoxy) is 1. The number of hydrogen-bond acceptors (Lipinski definition) is 1. The van der Waals surface area contributed by atoms with Crippen molar-refractivity contribution in [1.82, 2.24) is 0 Å². The van der Waals surface area contributed by atoms with E-state index >= 15 is 0 Å². The second-order valence-electron chi connectivity index (χ2n) is 3.69. The molecule has 2 rings (SSSR count). The monoisotopic (exact) mass is 210 g/mol. The van der Waals surface area contributed by atoms with Gasteiger partial charge >= 0.3 is 0 Å². The van der Waals surface area contributed by atoms with Gasteiger partial charge in [0.05, 0.1) is 12.7 Å². The summed E-state index contributed by atoms with van der Waals surface area (Å²) in [6.45, 7) is 0.507. The first-order chi connectivity index (χ1) is 7.25. The van der Waals surface area contributed by atoms with Crippen molar-refractivity contribution in [1.29, 1.82) is 0 Å². The van der Waals surface area contributed by atoms with Gasteiger partial charge in [0.2, 0.25) is 0 Å². The summed E-state index contributed by atoms with van der Waals surface area (Å²) < 4.78 is 29.6. The number of rotatable bonds is 3. The van der Waals surface area contributed by atoms with Crippen molar-refractivity contribution in [2.45, 2.75) is 25.6 Å². The van der Waals surface area contributed by atoms with Crippen molar-refractivity contribution in [3.05, 3.63) is 47.5 Å². The lowest BCUT2D eigenvalue weighted by Gasteiger charge is -2.28. The quantitative estimate of drug-likeness (QED) is 0.741. The molecule has 0 radical (unpaired) electrons. The van der Waals surface area contributed by atoms with Crippen LogP contribution in [0.2, 0.25) is 0 Å². The van der Waals surface area contributed by atoms with E-state index < -0.39 is 6.08 Å². The van der Waals surface area contributed by atoms with Crippen LogP contribution in [0.15, 0.2) is 42.0 Å². The summed E-state index contributed by atoms with van der Waals surface area (Å²) >= 11 is 0. The van der Waals surface area contributed by atoms with E-state index in [2.05, 4.69) is 0 Å². The van der Waals surface area contributed by atoms with Crippen LogP contribution < -0.4 is 0 Å². The van der Waals surface area contributed by atoms with Crippen LogP contribution in [0.3, 0.4) is 0 Å². The minimum Gasteiger partial charge on any atom is -0.373 e. The molecule has 0 aliphatic heterocycles. The largest absolute Gasteiger partial charge is 0.373 e. The van der Waals surface area contributed by atoms with Crippen LogP contribution in [-0.2, 0) is 11.3 Å². The molecule has 0 bridgehead atoms. The van der Waals surface area contributed by atoms with E-state index in [1.54, 1.807) is 0 Å². The highest BCUT2D eigenvalue weighted by molar-refractivity contribution is 5.16. The molecule has 80 valence electrons. The van der Waals surface area contributed by atoms with E-state index in [4.69, 9.17) is 4.74 Å². The smallest absolute Gasteiger partial charge is 0.269 e. The van der Waals surface area contributed by atoms with Crippen molar-refractivity contribution in [3.8, 4) is 0 Å². The van der Waals surface area contributed by atoms with Crippen LogP contribution in [-0.4, -0.2) is 6.10 Å². The summed E-state index contributed by atoms with van der Waals surface area (Å²) in [4.78, 5) is 0. The lowest BCUT2D eigenvalue weighted by Crippen LogP contribution is -2.24. The molecule has 3 heteroatoms. The molecular formula is C12H12F2O. The van der Waals surface area contributed by atoms with E-state index in [1.165, 1.54) is 0 Å². The topological polar surface area (TPSA) is 9.23 Å². The Kier molecular flexibility index (Phi) is 3.11. The van der Waals surface area contributed by atoms with Crippen molar-refractivity contribution in [3.63, 3.8) is 0 Å². The van der Waals surface area contributed by atoms with E-state index in [1.807, 2.05) is 30.3 Å². The van der Waals surface area contributed by atoms with E-state index in [-0.39, 0.29) is 11.7 Å². The summed E-state index contributed by atoms with van der Waals surface area (Å²) in [6, 6.07) is 9.74. The number of halogens is 2. The molecule has 1 aliphatic carbocycles. The Morgan fingerprint density at radius 1 is 1.20 bits per heavy atom. The zero-order chi connectivity index (χ0) is 10.7. The molecule has 1 aromatic rings. The third-order valence-corrected chi connectivity index (χ3v) is 2.54. The molecule has 1 aromatic carbocycles. The SMILES string of the molecule is FC(F)=C1CC(OCc2ccccc2)C1. The summed E-state index contributed by atoms with van der Waals surface area (Å²) in [5.74, 6) is 0. The first kappa shape index (κ1) is 10.3. The minimum atomic E-state index is -1.53. The Labute approximate surface area is 87.4 Å². The van der Waals surface area contributed by atoms with Gasteiger partial charge in [-0.1, -0.05) is 30.3 Å². The zero-order valence-corrected chi connectivity index (χ0v) is 8.25. The van der Waals surface area contributed by atoms with Gasteiger partial charge in [-0.15, -0.1) is 0 Å². The molecule has 0 spiro atoms. The van der Waals surface area contributed by atoms with Gasteiger partial charge in [0.1, 0.15) is 0 Å². The zero-order valence-electron chi connectivity index (χ0n) is 8.25. The van der Waals surface area contributed by atoms with Crippen LogP contribution in [0.4, 0.5) is 8.78 Å². The van der Waals surface area contributed by atoms with Gasteiger partial charge in [-0.25, -0.2) is 0 Å². The van der Waals surface area contributed by atoms with Crippen LogP contribution in [0.5, 0.6) is 0 Å². The van der Waals surface area contributed by atoms with Crippen molar-refractivity contribution < 1.29 is 13.5 Å². The first-order valence-electron chi connectivity index (χ1n) is 4.94. The predicted molar refractivity (Wildman–Crippen MR) is 53.5 cm³/mol. The molecule has 0 atom stereocenters. The molecule has 0 N–H and O–H groups in total. The maximum absolute atomic E-state index is 12.0. The minimum absolute atomic E-state index is 0.0262. The van der Waals surface area contributed by atoms with Gasteiger partial charge in [0.25, 0.3) is 6.08 Å². The number of benzene rings is 1. The van der Waals surface area contributed by atoms with E-state index in [9.17, 15) is 8.78 Å². The molecule has 1 aliphatic rings. The Balaban J connectivity index is 1.76. The summed E-state index contributed by atoms with van der Waals surface area (Å²) in [6.07, 6.45) is -0.791. The van der Waals surface area contributed by atoms with E-state index in [0.717, 1.165) is 5.56 Å². The average molecular weight is 210 g/mol. The molecular weight excluding hydrogens is 198 g/mol. The molecule has 0 unspecified atom stereocenters. The van der Waals surface area contributed by atoms with E-state index in [0.29, 0.717) is 19.4 Å².